The molecule has 0 saturated carbocycles. The Morgan fingerprint density at radius 3 is 2.62 bits per heavy atom. The fourth-order valence-electron chi connectivity index (χ4n) is 3.76. The molecule has 0 N–H and O–H groups in total. The minimum Gasteiger partial charge on any atom is -0.352 e. The second kappa shape index (κ2) is 8.43. The second-order valence-corrected chi connectivity index (χ2v) is 7.40. The van der Waals surface area contributed by atoms with E-state index in [0.717, 1.165) is 42.7 Å². The summed E-state index contributed by atoms with van der Waals surface area (Å²) in [6.45, 7) is 2.48. The van der Waals surface area contributed by atoms with Crippen molar-refractivity contribution in [3.8, 4) is 0 Å². The van der Waals surface area contributed by atoms with Crippen molar-refractivity contribution in [2.45, 2.75) is 32.4 Å². The summed E-state index contributed by atoms with van der Waals surface area (Å²) < 4.78 is 1.70. The van der Waals surface area contributed by atoms with E-state index in [1.54, 1.807) is 22.7 Å². The Kier molecular flexibility index (Phi) is 5.55. The van der Waals surface area contributed by atoms with Crippen molar-refractivity contribution < 1.29 is 4.79 Å². The highest BCUT2D eigenvalue weighted by Gasteiger charge is 2.20. The first-order chi connectivity index (χ1) is 14.1. The SMILES string of the molecule is CN(Cc1ccccn1)C(=O)CCn1c(=O)c(N2CCCC2)nc2ccccc21. The molecule has 1 saturated heterocycles. The van der Waals surface area contributed by atoms with Crippen LogP contribution in [0.15, 0.2) is 53.5 Å². The third kappa shape index (κ3) is 4.13. The van der Waals surface area contributed by atoms with E-state index in [9.17, 15) is 9.59 Å². The van der Waals surface area contributed by atoms with Crippen molar-refractivity contribution in [2.24, 2.45) is 0 Å². The number of para-hydroxylation sites is 2. The van der Waals surface area contributed by atoms with Crippen molar-refractivity contribution in [3.05, 3.63) is 64.7 Å². The van der Waals surface area contributed by atoms with Gasteiger partial charge in [-0.15, -0.1) is 0 Å². The summed E-state index contributed by atoms with van der Waals surface area (Å²) in [5.41, 5.74) is 2.26. The maximum Gasteiger partial charge on any atom is 0.294 e. The zero-order valence-electron chi connectivity index (χ0n) is 16.6. The van der Waals surface area contributed by atoms with Gasteiger partial charge in [-0.1, -0.05) is 18.2 Å². The Bertz CT molecular complexity index is 1060. The summed E-state index contributed by atoms with van der Waals surface area (Å²) in [7, 11) is 1.76. The number of hydrogen-bond acceptors (Lipinski definition) is 5. The van der Waals surface area contributed by atoms with E-state index in [2.05, 4.69) is 14.9 Å². The van der Waals surface area contributed by atoms with Crippen LogP contribution in [0.4, 0.5) is 5.82 Å². The fourth-order valence-corrected chi connectivity index (χ4v) is 3.76. The Labute approximate surface area is 169 Å². The van der Waals surface area contributed by atoms with Gasteiger partial charge in [-0.3, -0.25) is 14.6 Å². The standard InChI is InChI=1S/C22H25N5O2/c1-25(16-17-8-4-5-12-23-17)20(28)11-15-27-19-10-3-2-9-18(19)24-21(22(27)29)26-13-6-7-14-26/h2-5,8-10,12H,6-7,11,13-16H2,1H3. The molecule has 2 aromatic heterocycles. The molecule has 0 radical (unpaired) electrons. The van der Waals surface area contributed by atoms with E-state index in [1.807, 2.05) is 42.5 Å². The molecule has 7 heteroatoms. The number of rotatable bonds is 6. The maximum atomic E-state index is 13.2. The summed E-state index contributed by atoms with van der Waals surface area (Å²) in [6.07, 6.45) is 4.11. The molecule has 1 aliphatic rings. The smallest absolute Gasteiger partial charge is 0.294 e. The van der Waals surface area contributed by atoms with Crippen LogP contribution in [0.25, 0.3) is 11.0 Å². The molecular formula is C22H25N5O2. The zero-order chi connectivity index (χ0) is 20.2. The van der Waals surface area contributed by atoms with E-state index < -0.39 is 0 Å². The molecule has 29 heavy (non-hydrogen) atoms. The second-order valence-electron chi connectivity index (χ2n) is 7.40. The normalized spacial score (nSPS) is 13.8. The number of amides is 1. The Balaban J connectivity index is 1.56. The molecule has 3 heterocycles. The highest BCUT2D eigenvalue weighted by molar-refractivity contribution is 5.78. The number of aromatic nitrogens is 3. The minimum absolute atomic E-state index is 0.0221. The van der Waals surface area contributed by atoms with Gasteiger partial charge in [-0.25, -0.2) is 4.98 Å². The van der Waals surface area contributed by atoms with Gasteiger partial charge in [0.05, 0.1) is 23.3 Å². The van der Waals surface area contributed by atoms with Crippen molar-refractivity contribution >= 4 is 22.8 Å². The number of hydrogen-bond donors (Lipinski definition) is 0. The molecule has 7 nitrogen and oxygen atoms in total. The minimum atomic E-state index is -0.120. The van der Waals surface area contributed by atoms with E-state index in [-0.39, 0.29) is 17.9 Å². The molecule has 3 aromatic rings. The predicted molar refractivity (Wildman–Crippen MR) is 113 cm³/mol. The highest BCUT2D eigenvalue weighted by atomic mass is 16.2. The van der Waals surface area contributed by atoms with Gasteiger partial charge < -0.3 is 14.4 Å². The zero-order valence-corrected chi connectivity index (χ0v) is 16.6. The van der Waals surface area contributed by atoms with Crippen molar-refractivity contribution in [1.29, 1.82) is 0 Å². The molecule has 0 bridgehead atoms. The Hall–Kier alpha value is -3.22. The van der Waals surface area contributed by atoms with E-state index in [1.165, 1.54) is 0 Å². The number of carbonyl (C=O) groups excluding carboxylic acids is 1. The van der Waals surface area contributed by atoms with Crippen molar-refractivity contribution in [2.75, 3.05) is 25.0 Å². The van der Waals surface area contributed by atoms with E-state index >= 15 is 0 Å². The summed E-state index contributed by atoms with van der Waals surface area (Å²) in [6, 6.07) is 13.3. The quantitative estimate of drug-likeness (QED) is 0.645. The topological polar surface area (TPSA) is 71.3 Å². The monoisotopic (exact) mass is 391 g/mol. The lowest BCUT2D eigenvalue weighted by Crippen LogP contribution is -2.33. The first-order valence-corrected chi connectivity index (χ1v) is 10.0. The van der Waals surface area contributed by atoms with Gasteiger partial charge in [0.15, 0.2) is 5.82 Å². The molecule has 1 aliphatic heterocycles. The van der Waals surface area contributed by atoms with Crippen LogP contribution in [-0.2, 0) is 17.9 Å². The fraction of sp³-hybridized carbons (Fsp3) is 0.364. The number of anilines is 1. The van der Waals surface area contributed by atoms with E-state index in [4.69, 9.17) is 0 Å². The summed E-state index contributed by atoms with van der Waals surface area (Å²) in [5, 5.41) is 0. The first-order valence-electron chi connectivity index (χ1n) is 10.0. The summed E-state index contributed by atoms with van der Waals surface area (Å²) in [4.78, 5) is 38.4. The lowest BCUT2D eigenvalue weighted by molar-refractivity contribution is -0.130. The lowest BCUT2D eigenvalue weighted by Gasteiger charge is -2.20. The highest BCUT2D eigenvalue weighted by Crippen LogP contribution is 2.18. The molecule has 0 unspecified atom stereocenters. The van der Waals surface area contributed by atoms with Gasteiger partial charge >= 0.3 is 0 Å². The average molecular weight is 391 g/mol. The number of benzene rings is 1. The first kappa shape index (κ1) is 19.1. The molecule has 0 spiro atoms. The number of carbonyl (C=O) groups is 1. The van der Waals surface area contributed by atoms with Gasteiger partial charge in [-0.2, -0.15) is 0 Å². The van der Waals surface area contributed by atoms with Crippen LogP contribution in [0.1, 0.15) is 25.0 Å². The van der Waals surface area contributed by atoms with Crippen LogP contribution in [0.3, 0.4) is 0 Å². The molecular weight excluding hydrogens is 366 g/mol. The largest absolute Gasteiger partial charge is 0.352 e. The average Bonchev–Trinajstić information content (AvgIpc) is 3.28. The van der Waals surface area contributed by atoms with Crippen LogP contribution >= 0.6 is 0 Å². The van der Waals surface area contributed by atoms with Crippen molar-refractivity contribution in [1.82, 2.24) is 19.4 Å². The Morgan fingerprint density at radius 2 is 1.86 bits per heavy atom. The van der Waals surface area contributed by atoms with Gasteiger partial charge in [0.1, 0.15) is 0 Å². The van der Waals surface area contributed by atoms with Crippen LogP contribution in [-0.4, -0.2) is 45.5 Å². The Morgan fingerprint density at radius 1 is 1.10 bits per heavy atom. The van der Waals surface area contributed by atoms with Gasteiger partial charge in [0.2, 0.25) is 5.91 Å². The molecule has 150 valence electrons. The number of nitrogens with zero attached hydrogens (tertiary/aromatic N) is 5. The van der Waals surface area contributed by atoms with Crippen LogP contribution < -0.4 is 10.5 Å². The maximum absolute atomic E-state index is 13.2. The third-order valence-electron chi connectivity index (χ3n) is 5.34. The van der Waals surface area contributed by atoms with Crippen LogP contribution in [0.2, 0.25) is 0 Å². The number of aryl methyl sites for hydroxylation is 1. The van der Waals surface area contributed by atoms with Gasteiger partial charge in [0.25, 0.3) is 5.56 Å². The molecule has 0 atom stereocenters. The molecule has 1 fully saturated rings. The van der Waals surface area contributed by atoms with Crippen LogP contribution in [0, 0.1) is 0 Å². The number of fused-ring (bicyclic) bond motifs is 1. The third-order valence-corrected chi connectivity index (χ3v) is 5.34. The van der Waals surface area contributed by atoms with Gasteiger partial charge in [0, 0.05) is 39.3 Å². The lowest BCUT2D eigenvalue weighted by atomic mass is 10.2. The molecule has 4 rings (SSSR count). The van der Waals surface area contributed by atoms with Crippen molar-refractivity contribution in [3.63, 3.8) is 0 Å². The summed E-state index contributed by atoms with van der Waals surface area (Å²) in [5.74, 6) is 0.474. The summed E-state index contributed by atoms with van der Waals surface area (Å²) >= 11 is 0. The molecule has 1 aromatic carbocycles. The van der Waals surface area contributed by atoms with Gasteiger partial charge in [-0.05, 0) is 37.1 Å². The number of pyridine rings is 1. The van der Waals surface area contributed by atoms with Crippen LogP contribution in [0.5, 0.6) is 0 Å². The molecule has 0 aliphatic carbocycles. The molecule has 1 amide bonds. The van der Waals surface area contributed by atoms with E-state index in [0.29, 0.717) is 18.9 Å². The predicted octanol–water partition coefficient (Wildman–Crippen LogP) is 2.44.